The van der Waals surface area contributed by atoms with Crippen LogP contribution in [0.15, 0.2) is 56.5 Å². The van der Waals surface area contributed by atoms with Crippen LogP contribution in [-0.2, 0) is 18.4 Å². The van der Waals surface area contributed by atoms with Gasteiger partial charge in [-0.1, -0.05) is 18.2 Å². The number of hydrogen-bond donors (Lipinski definition) is 0. The van der Waals surface area contributed by atoms with Crippen LogP contribution in [0.5, 0.6) is 0 Å². The Morgan fingerprint density at radius 3 is 2.48 bits per heavy atom. The average Bonchev–Trinajstić information content (AvgIpc) is 2.70. The van der Waals surface area contributed by atoms with Crippen LogP contribution in [0.4, 0.5) is 0 Å². The van der Waals surface area contributed by atoms with Gasteiger partial charge in [-0.2, -0.15) is 5.10 Å². The van der Waals surface area contributed by atoms with Gasteiger partial charge in [-0.05, 0) is 43.2 Å². The van der Waals surface area contributed by atoms with E-state index in [2.05, 4.69) is 5.10 Å². The third-order valence-corrected chi connectivity index (χ3v) is 4.95. The predicted molar refractivity (Wildman–Crippen MR) is 108 cm³/mol. The first-order valence-electron chi connectivity index (χ1n) is 9.02. The van der Waals surface area contributed by atoms with Crippen molar-refractivity contribution in [3.8, 4) is 0 Å². The molecule has 29 heavy (non-hydrogen) atoms. The van der Waals surface area contributed by atoms with Crippen molar-refractivity contribution in [3.05, 3.63) is 85.6 Å². The van der Waals surface area contributed by atoms with Crippen LogP contribution in [0.3, 0.4) is 0 Å². The number of carbonyl (C=O) groups excluding carboxylic acids is 1. The van der Waals surface area contributed by atoms with E-state index in [0.717, 1.165) is 15.8 Å². The van der Waals surface area contributed by atoms with Crippen molar-refractivity contribution in [3.63, 3.8) is 0 Å². The van der Waals surface area contributed by atoms with Gasteiger partial charge in [0.1, 0.15) is 12.2 Å². The van der Waals surface area contributed by atoms with Crippen molar-refractivity contribution < 1.29 is 13.9 Å². The molecule has 4 rings (SSSR count). The molecule has 2 aromatic heterocycles. The van der Waals surface area contributed by atoms with Crippen LogP contribution in [-0.4, -0.2) is 15.7 Å². The molecular formula is C22H18N2O5. The molecule has 0 aliphatic rings. The third-order valence-electron chi connectivity index (χ3n) is 4.95. The number of aromatic nitrogens is 2. The number of aryl methyl sites for hydroxylation is 3. The summed E-state index contributed by atoms with van der Waals surface area (Å²) < 4.78 is 11.8. The molecule has 7 heteroatoms. The molecule has 0 saturated heterocycles. The molecule has 0 saturated carbocycles. The zero-order valence-electron chi connectivity index (χ0n) is 16.2. The Balaban J connectivity index is 1.72. The highest BCUT2D eigenvalue weighted by atomic mass is 16.5. The molecule has 0 aliphatic heterocycles. The van der Waals surface area contributed by atoms with Crippen LogP contribution in [0.1, 0.15) is 27.2 Å². The summed E-state index contributed by atoms with van der Waals surface area (Å²) in [6, 6.07) is 11.7. The summed E-state index contributed by atoms with van der Waals surface area (Å²) in [4.78, 5) is 36.9. The summed E-state index contributed by atoms with van der Waals surface area (Å²) in [5.74, 6) is -0.679. The van der Waals surface area contributed by atoms with Gasteiger partial charge in [-0.15, -0.1) is 0 Å². The lowest BCUT2D eigenvalue weighted by molar-refractivity contribution is 0.0466. The second-order valence-corrected chi connectivity index (χ2v) is 6.92. The summed E-state index contributed by atoms with van der Waals surface area (Å²) in [6.07, 6.45) is 0. The summed E-state index contributed by atoms with van der Waals surface area (Å²) in [7, 11) is 1.48. The Bertz CT molecular complexity index is 1400. The highest BCUT2D eigenvalue weighted by molar-refractivity contribution is 6.02. The number of carbonyl (C=O) groups is 1. The van der Waals surface area contributed by atoms with Crippen LogP contribution in [0.25, 0.3) is 21.7 Å². The molecule has 0 fully saturated rings. The van der Waals surface area contributed by atoms with E-state index in [1.165, 1.54) is 13.1 Å². The number of fused-ring (bicyclic) bond motifs is 2. The van der Waals surface area contributed by atoms with Crippen molar-refractivity contribution in [2.45, 2.75) is 20.5 Å². The molecule has 2 heterocycles. The van der Waals surface area contributed by atoms with Gasteiger partial charge in [-0.25, -0.2) is 14.3 Å². The monoisotopic (exact) mass is 390 g/mol. The number of nitrogens with zero attached hydrogens (tertiary/aromatic N) is 2. The van der Waals surface area contributed by atoms with Crippen LogP contribution in [0.2, 0.25) is 0 Å². The molecule has 0 N–H and O–H groups in total. The Morgan fingerprint density at radius 2 is 1.72 bits per heavy atom. The van der Waals surface area contributed by atoms with E-state index in [9.17, 15) is 14.4 Å². The summed E-state index contributed by atoms with van der Waals surface area (Å²) in [5.41, 5.74) is 2.24. The van der Waals surface area contributed by atoms with E-state index in [4.69, 9.17) is 9.15 Å². The van der Waals surface area contributed by atoms with E-state index in [1.807, 2.05) is 19.9 Å². The maximum atomic E-state index is 12.7. The zero-order valence-corrected chi connectivity index (χ0v) is 16.2. The van der Waals surface area contributed by atoms with Gasteiger partial charge in [0, 0.05) is 29.4 Å². The molecule has 0 spiro atoms. The Hall–Kier alpha value is -3.74. The fraction of sp³-hybridized carbons (Fsp3) is 0.182. The van der Waals surface area contributed by atoms with Crippen LogP contribution >= 0.6 is 0 Å². The molecule has 2 aromatic carbocycles. The molecule has 0 bridgehead atoms. The standard InChI is InChI=1S/C22H18N2O5/c1-12-8-17-14(10-19(25)29-18(17)9-13(12)2)11-28-22(27)20-15-6-4-5-7-16(15)21(26)24(3)23-20/h4-10H,11H2,1-3H3. The molecule has 0 aliphatic carbocycles. The van der Waals surface area contributed by atoms with Crippen LogP contribution in [0, 0.1) is 13.8 Å². The first-order valence-corrected chi connectivity index (χ1v) is 9.02. The molecule has 0 amide bonds. The average molecular weight is 390 g/mol. The topological polar surface area (TPSA) is 91.4 Å². The van der Waals surface area contributed by atoms with Crippen molar-refractivity contribution in [2.75, 3.05) is 0 Å². The van der Waals surface area contributed by atoms with E-state index in [0.29, 0.717) is 27.3 Å². The fourth-order valence-corrected chi connectivity index (χ4v) is 3.26. The highest BCUT2D eigenvalue weighted by Gasteiger charge is 2.18. The number of hydrogen-bond acceptors (Lipinski definition) is 6. The molecule has 0 atom stereocenters. The lowest BCUT2D eigenvalue weighted by Crippen LogP contribution is -2.23. The van der Waals surface area contributed by atoms with Crippen molar-refractivity contribution in [2.24, 2.45) is 7.05 Å². The van der Waals surface area contributed by atoms with Gasteiger partial charge in [0.25, 0.3) is 5.56 Å². The number of rotatable bonds is 3. The quantitative estimate of drug-likeness (QED) is 0.394. The lowest BCUT2D eigenvalue weighted by Gasteiger charge is -2.10. The van der Waals surface area contributed by atoms with Gasteiger partial charge in [0.2, 0.25) is 0 Å². The second kappa shape index (κ2) is 7.01. The van der Waals surface area contributed by atoms with Gasteiger partial charge in [0.15, 0.2) is 5.69 Å². The van der Waals surface area contributed by atoms with Crippen molar-refractivity contribution >= 4 is 27.7 Å². The summed E-state index contributed by atoms with van der Waals surface area (Å²) in [5, 5.41) is 5.58. The number of ether oxygens (including phenoxy) is 1. The summed E-state index contributed by atoms with van der Waals surface area (Å²) >= 11 is 0. The molecule has 4 aromatic rings. The SMILES string of the molecule is Cc1cc2oc(=O)cc(COC(=O)c3nn(C)c(=O)c4ccccc34)c2cc1C. The van der Waals surface area contributed by atoms with Gasteiger partial charge in [0.05, 0.1) is 5.39 Å². The molecular weight excluding hydrogens is 372 g/mol. The van der Waals surface area contributed by atoms with Gasteiger partial charge >= 0.3 is 11.6 Å². The molecule has 0 unspecified atom stereocenters. The molecule has 7 nitrogen and oxygen atoms in total. The minimum atomic E-state index is -0.679. The van der Waals surface area contributed by atoms with Crippen LogP contribution < -0.4 is 11.2 Å². The minimum absolute atomic E-state index is 0.0435. The summed E-state index contributed by atoms with van der Waals surface area (Å²) in [6.45, 7) is 3.76. The Morgan fingerprint density at radius 1 is 1.03 bits per heavy atom. The third kappa shape index (κ3) is 3.31. The lowest BCUT2D eigenvalue weighted by atomic mass is 10.0. The van der Waals surface area contributed by atoms with E-state index in [-0.39, 0.29) is 17.9 Å². The number of benzene rings is 2. The maximum Gasteiger partial charge on any atom is 0.359 e. The second-order valence-electron chi connectivity index (χ2n) is 6.92. The Kier molecular flexibility index (Phi) is 4.50. The predicted octanol–water partition coefficient (Wildman–Crippen LogP) is 3.01. The van der Waals surface area contributed by atoms with E-state index in [1.54, 1.807) is 30.3 Å². The first-order chi connectivity index (χ1) is 13.8. The first kappa shape index (κ1) is 18.6. The van der Waals surface area contributed by atoms with Gasteiger partial charge in [-0.3, -0.25) is 4.79 Å². The van der Waals surface area contributed by atoms with Crippen molar-refractivity contribution in [1.29, 1.82) is 0 Å². The minimum Gasteiger partial charge on any atom is -0.456 e. The van der Waals surface area contributed by atoms with Crippen molar-refractivity contribution in [1.82, 2.24) is 9.78 Å². The molecule has 0 radical (unpaired) electrons. The van der Waals surface area contributed by atoms with Gasteiger partial charge < -0.3 is 9.15 Å². The highest BCUT2D eigenvalue weighted by Crippen LogP contribution is 2.23. The Labute approximate surface area is 165 Å². The smallest absolute Gasteiger partial charge is 0.359 e. The fourth-order valence-electron chi connectivity index (χ4n) is 3.26. The largest absolute Gasteiger partial charge is 0.456 e. The van der Waals surface area contributed by atoms with E-state index >= 15 is 0 Å². The normalized spacial score (nSPS) is 11.1. The molecule has 146 valence electrons. The number of esters is 1. The van der Waals surface area contributed by atoms with E-state index < -0.39 is 11.6 Å². The maximum absolute atomic E-state index is 12.7. The zero-order chi connectivity index (χ0) is 20.7.